The van der Waals surface area contributed by atoms with Crippen LogP contribution >= 0.6 is 11.8 Å². The Kier molecular flexibility index (Phi) is 4.54. The Morgan fingerprint density at radius 2 is 2.19 bits per heavy atom. The van der Waals surface area contributed by atoms with E-state index in [0.29, 0.717) is 22.9 Å². The molecule has 0 amide bonds. The van der Waals surface area contributed by atoms with Crippen molar-refractivity contribution in [2.75, 3.05) is 12.4 Å². The smallest absolute Gasteiger partial charge is 0.346 e. The first-order valence-corrected chi connectivity index (χ1v) is 5.99. The quantitative estimate of drug-likeness (QED) is 0.490. The Balaban J connectivity index is 3.23. The molecule has 6 heteroatoms. The number of H-pyrrole nitrogens is 1. The van der Waals surface area contributed by atoms with Crippen molar-refractivity contribution in [3.05, 3.63) is 21.7 Å². The average molecular weight is 242 g/mol. The third-order valence-electron chi connectivity index (χ3n) is 1.85. The minimum atomic E-state index is -0.445. The van der Waals surface area contributed by atoms with Crippen LogP contribution in [0, 0.1) is 6.92 Å². The van der Waals surface area contributed by atoms with Crippen LogP contribution < -0.4 is 5.69 Å². The van der Waals surface area contributed by atoms with Gasteiger partial charge < -0.3 is 9.72 Å². The summed E-state index contributed by atoms with van der Waals surface area (Å²) in [6.07, 6.45) is 0. The number of thioether (sulfide) groups is 1. The highest BCUT2D eigenvalue weighted by molar-refractivity contribution is 7.99. The first-order valence-electron chi connectivity index (χ1n) is 5.01. The number of ether oxygens (including phenoxy) is 1. The van der Waals surface area contributed by atoms with Gasteiger partial charge in [0, 0.05) is 5.69 Å². The van der Waals surface area contributed by atoms with Crippen LogP contribution in [0.2, 0.25) is 0 Å². The average Bonchev–Trinajstić information content (AvgIpc) is 2.17. The maximum absolute atomic E-state index is 11.7. The summed E-state index contributed by atoms with van der Waals surface area (Å²) < 4.78 is 4.92. The summed E-state index contributed by atoms with van der Waals surface area (Å²) in [5.74, 6) is 0.294. The van der Waals surface area contributed by atoms with E-state index in [4.69, 9.17) is 4.74 Å². The molecule has 0 atom stereocenters. The number of esters is 1. The number of aromatic amines is 1. The van der Waals surface area contributed by atoms with Crippen LogP contribution in [-0.2, 0) is 4.74 Å². The van der Waals surface area contributed by atoms with Crippen LogP contribution in [0.4, 0.5) is 0 Å². The van der Waals surface area contributed by atoms with Crippen LogP contribution in [0.25, 0.3) is 0 Å². The molecule has 1 N–H and O–H groups in total. The van der Waals surface area contributed by atoms with Crippen molar-refractivity contribution in [1.82, 2.24) is 9.97 Å². The number of carbonyl (C=O) groups excluding carboxylic acids is 1. The van der Waals surface area contributed by atoms with Gasteiger partial charge in [-0.2, -0.15) is 4.98 Å². The molecule has 1 rings (SSSR count). The van der Waals surface area contributed by atoms with Crippen molar-refractivity contribution in [2.45, 2.75) is 25.8 Å². The Morgan fingerprint density at radius 3 is 2.75 bits per heavy atom. The molecule has 5 nitrogen and oxygen atoms in total. The molecule has 0 aromatic carbocycles. The molecule has 0 bridgehead atoms. The summed E-state index contributed by atoms with van der Waals surface area (Å²) in [6, 6.07) is 0. The summed E-state index contributed by atoms with van der Waals surface area (Å²) >= 11 is 1.35. The monoisotopic (exact) mass is 242 g/mol. The molecule has 0 fully saturated rings. The molecule has 1 heterocycles. The number of nitrogens with one attached hydrogen (secondary N) is 1. The van der Waals surface area contributed by atoms with Crippen molar-refractivity contribution in [2.24, 2.45) is 0 Å². The lowest BCUT2D eigenvalue weighted by Gasteiger charge is -2.08. The van der Waals surface area contributed by atoms with E-state index in [0.717, 1.165) is 5.75 Å². The molecule has 1 aromatic heterocycles. The molecule has 0 aliphatic rings. The third-order valence-corrected chi connectivity index (χ3v) is 2.70. The van der Waals surface area contributed by atoms with Gasteiger partial charge in [-0.3, -0.25) is 0 Å². The highest BCUT2D eigenvalue weighted by Gasteiger charge is 2.18. The fourth-order valence-electron chi connectivity index (χ4n) is 1.24. The van der Waals surface area contributed by atoms with Crippen LogP contribution in [0.1, 0.15) is 29.9 Å². The number of aryl methyl sites for hydroxylation is 1. The number of nitrogens with zero attached hydrogens (tertiary/aromatic N) is 1. The molecular weight excluding hydrogens is 228 g/mol. The highest BCUT2D eigenvalue weighted by Crippen LogP contribution is 2.21. The molecule has 0 radical (unpaired) electrons. The van der Waals surface area contributed by atoms with E-state index < -0.39 is 11.7 Å². The minimum absolute atomic E-state index is 0.299. The lowest BCUT2D eigenvalue weighted by molar-refractivity contribution is 0.0519. The summed E-state index contributed by atoms with van der Waals surface area (Å²) in [4.78, 5) is 29.1. The summed E-state index contributed by atoms with van der Waals surface area (Å²) in [7, 11) is 0. The summed E-state index contributed by atoms with van der Waals surface area (Å²) in [5, 5.41) is 0.433. The van der Waals surface area contributed by atoms with E-state index in [2.05, 4.69) is 9.97 Å². The number of hydrogen-bond acceptors (Lipinski definition) is 5. The number of rotatable bonds is 4. The summed E-state index contributed by atoms with van der Waals surface area (Å²) in [6.45, 7) is 5.62. The maximum Gasteiger partial charge on any atom is 0.346 e. The third kappa shape index (κ3) is 2.85. The normalized spacial score (nSPS) is 10.2. The van der Waals surface area contributed by atoms with E-state index in [1.807, 2.05) is 6.92 Å². The van der Waals surface area contributed by atoms with E-state index in [-0.39, 0.29) is 0 Å². The van der Waals surface area contributed by atoms with Gasteiger partial charge in [0.15, 0.2) is 0 Å². The van der Waals surface area contributed by atoms with Gasteiger partial charge in [0.05, 0.1) is 6.61 Å². The van der Waals surface area contributed by atoms with Crippen LogP contribution in [-0.4, -0.2) is 28.3 Å². The van der Waals surface area contributed by atoms with Gasteiger partial charge in [0.2, 0.25) is 0 Å². The van der Waals surface area contributed by atoms with E-state index in [9.17, 15) is 9.59 Å². The standard InChI is InChI=1S/C10H14N2O3S/c1-4-15-9(13)7-6(3)11-10(14)12-8(7)16-5-2/h4-5H2,1-3H3,(H,11,12,14). The molecule has 0 spiro atoms. The molecule has 1 aromatic rings. The van der Waals surface area contributed by atoms with Gasteiger partial charge in [-0.1, -0.05) is 6.92 Å². The van der Waals surface area contributed by atoms with Gasteiger partial charge in [0.1, 0.15) is 10.6 Å². The lowest BCUT2D eigenvalue weighted by atomic mass is 10.2. The highest BCUT2D eigenvalue weighted by atomic mass is 32.2. The fourth-order valence-corrected chi connectivity index (χ4v) is 2.05. The first-order chi connectivity index (χ1) is 7.60. The van der Waals surface area contributed by atoms with Crippen LogP contribution in [0.3, 0.4) is 0 Å². The van der Waals surface area contributed by atoms with Crippen molar-refractivity contribution < 1.29 is 9.53 Å². The molecule has 0 saturated heterocycles. The Labute approximate surface area is 97.6 Å². The Morgan fingerprint density at radius 1 is 1.50 bits per heavy atom. The van der Waals surface area contributed by atoms with E-state index in [1.165, 1.54) is 11.8 Å². The molecule has 0 aliphatic carbocycles. The van der Waals surface area contributed by atoms with Gasteiger partial charge in [-0.05, 0) is 19.6 Å². The summed E-state index contributed by atoms with van der Waals surface area (Å²) in [5.41, 5.74) is 0.407. The second-order valence-electron chi connectivity index (χ2n) is 3.00. The number of aromatic nitrogens is 2. The van der Waals surface area contributed by atoms with E-state index in [1.54, 1.807) is 13.8 Å². The minimum Gasteiger partial charge on any atom is -0.462 e. The predicted molar refractivity (Wildman–Crippen MR) is 61.9 cm³/mol. The number of carbonyl (C=O) groups is 1. The first kappa shape index (κ1) is 12.8. The van der Waals surface area contributed by atoms with E-state index >= 15 is 0 Å². The topological polar surface area (TPSA) is 72.0 Å². The lowest BCUT2D eigenvalue weighted by Crippen LogP contribution is -2.19. The van der Waals surface area contributed by atoms with Crippen molar-refractivity contribution in [3.8, 4) is 0 Å². The Hall–Kier alpha value is -1.30. The van der Waals surface area contributed by atoms with Gasteiger partial charge in [-0.25, -0.2) is 9.59 Å². The zero-order valence-electron chi connectivity index (χ0n) is 9.49. The molecule has 88 valence electrons. The molecule has 0 aliphatic heterocycles. The largest absolute Gasteiger partial charge is 0.462 e. The SMILES string of the molecule is CCOC(=O)c1c(SCC)nc(=O)[nH]c1C. The van der Waals surface area contributed by atoms with Crippen molar-refractivity contribution >= 4 is 17.7 Å². The van der Waals surface area contributed by atoms with Gasteiger partial charge in [-0.15, -0.1) is 11.8 Å². The molecule has 0 saturated carbocycles. The second kappa shape index (κ2) is 5.69. The predicted octanol–water partition coefficient (Wildman–Crippen LogP) is 1.37. The van der Waals surface area contributed by atoms with Crippen molar-refractivity contribution in [3.63, 3.8) is 0 Å². The number of hydrogen-bond donors (Lipinski definition) is 1. The molecule has 0 unspecified atom stereocenters. The molecular formula is C10H14N2O3S. The van der Waals surface area contributed by atoms with Gasteiger partial charge in [0.25, 0.3) is 0 Å². The Bertz CT molecular complexity index is 442. The second-order valence-corrected chi connectivity index (χ2v) is 4.25. The fraction of sp³-hybridized carbons (Fsp3) is 0.500. The van der Waals surface area contributed by atoms with Crippen LogP contribution in [0.15, 0.2) is 9.82 Å². The van der Waals surface area contributed by atoms with Gasteiger partial charge >= 0.3 is 11.7 Å². The zero-order chi connectivity index (χ0) is 12.1. The molecule has 16 heavy (non-hydrogen) atoms. The zero-order valence-corrected chi connectivity index (χ0v) is 10.3. The van der Waals surface area contributed by atoms with Crippen molar-refractivity contribution in [1.29, 1.82) is 0 Å². The van der Waals surface area contributed by atoms with Crippen LogP contribution in [0.5, 0.6) is 0 Å². The maximum atomic E-state index is 11.7.